The second-order valence-corrected chi connectivity index (χ2v) is 5.68. The largest absolute Gasteiger partial charge is 0.494 e. The second-order valence-electron chi connectivity index (χ2n) is 5.68. The van der Waals surface area contributed by atoms with Crippen LogP contribution in [0.2, 0.25) is 0 Å². The quantitative estimate of drug-likeness (QED) is 0.755. The maximum Gasteiger partial charge on any atom is 0.120 e. The molecule has 0 bridgehead atoms. The molecule has 0 aromatic heterocycles. The Kier molecular flexibility index (Phi) is 6.04. The zero-order valence-corrected chi connectivity index (χ0v) is 12.9. The van der Waals surface area contributed by atoms with Crippen LogP contribution in [-0.4, -0.2) is 44.4 Å². The van der Waals surface area contributed by atoms with E-state index >= 15 is 0 Å². The summed E-state index contributed by atoms with van der Waals surface area (Å²) in [6.45, 7) is 6.13. The van der Waals surface area contributed by atoms with Crippen molar-refractivity contribution in [2.24, 2.45) is 5.92 Å². The Hall–Kier alpha value is -1.57. The van der Waals surface area contributed by atoms with Crippen molar-refractivity contribution in [3.05, 3.63) is 29.8 Å². The lowest BCUT2D eigenvalue weighted by molar-refractivity contribution is -0.00593. The summed E-state index contributed by atoms with van der Waals surface area (Å²) in [5.41, 5.74) is 0.639. The Morgan fingerprint density at radius 2 is 2.29 bits per heavy atom. The number of nitrogens with zero attached hydrogens (tertiary/aromatic N) is 2. The van der Waals surface area contributed by atoms with Gasteiger partial charge >= 0.3 is 0 Å². The number of hydrogen-bond donors (Lipinski definition) is 0. The summed E-state index contributed by atoms with van der Waals surface area (Å²) in [5.74, 6) is 1.42. The number of piperidine rings is 1. The van der Waals surface area contributed by atoms with Gasteiger partial charge in [-0.1, -0.05) is 13.0 Å². The third kappa shape index (κ3) is 4.73. The van der Waals surface area contributed by atoms with E-state index in [0.717, 1.165) is 31.8 Å². The van der Waals surface area contributed by atoms with Crippen molar-refractivity contribution in [1.29, 1.82) is 5.26 Å². The molecule has 114 valence electrons. The normalized spacial score (nSPS) is 22.7. The van der Waals surface area contributed by atoms with E-state index in [9.17, 15) is 0 Å². The van der Waals surface area contributed by atoms with Crippen LogP contribution >= 0.6 is 0 Å². The van der Waals surface area contributed by atoms with Gasteiger partial charge in [-0.05, 0) is 43.5 Å². The fourth-order valence-corrected chi connectivity index (χ4v) is 2.74. The number of benzene rings is 1. The van der Waals surface area contributed by atoms with Gasteiger partial charge in [0.15, 0.2) is 0 Å². The average molecular weight is 288 g/mol. The van der Waals surface area contributed by atoms with Gasteiger partial charge < -0.3 is 14.4 Å². The molecule has 0 spiro atoms. The van der Waals surface area contributed by atoms with E-state index in [-0.39, 0.29) is 0 Å². The van der Waals surface area contributed by atoms with E-state index in [4.69, 9.17) is 14.7 Å². The molecule has 2 rings (SSSR count). The van der Waals surface area contributed by atoms with Gasteiger partial charge in [-0.15, -0.1) is 0 Å². The Morgan fingerprint density at radius 3 is 3.05 bits per heavy atom. The maximum absolute atomic E-state index is 8.85. The molecule has 0 N–H and O–H groups in total. The monoisotopic (exact) mass is 288 g/mol. The Balaban J connectivity index is 1.69. The third-order valence-corrected chi connectivity index (χ3v) is 4.13. The maximum atomic E-state index is 8.85. The van der Waals surface area contributed by atoms with Crippen molar-refractivity contribution in [2.45, 2.75) is 25.9 Å². The summed E-state index contributed by atoms with van der Waals surface area (Å²) < 4.78 is 11.2. The molecule has 1 fully saturated rings. The molecule has 2 atom stereocenters. The Labute approximate surface area is 127 Å². The summed E-state index contributed by atoms with van der Waals surface area (Å²) >= 11 is 0. The van der Waals surface area contributed by atoms with Crippen LogP contribution in [-0.2, 0) is 4.74 Å². The lowest BCUT2D eigenvalue weighted by Gasteiger charge is -2.36. The minimum atomic E-state index is 0.354. The first kappa shape index (κ1) is 15.8. The molecule has 0 aliphatic carbocycles. The molecule has 2 unspecified atom stereocenters. The standard InChI is InChI=1S/C17H24N2O2/c1-14-7-9-19(13-17(14)20-2)8-4-10-21-16-6-3-5-15(11-16)12-18/h3,5-6,11,14,17H,4,7-10,13H2,1-2H3. The molecule has 1 aromatic rings. The van der Waals surface area contributed by atoms with Crippen molar-refractivity contribution < 1.29 is 9.47 Å². The van der Waals surface area contributed by atoms with Gasteiger partial charge in [-0.2, -0.15) is 5.26 Å². The third-order valence-electron chi connectivity index (χ3n) is 4.13. The molecule has 21 heavy (non-hydrogen) atoms. The molecule has 1 saturated heterocycles. The van der Waals surface area contributed by atoms with Crippen molar-refractivity contribution in [3.8, 4) is 11.8 Å². The van der Waals surface area contributed by atoms with Crippen molar-refractivity contribution in [2.75, 3.05) is 33.4 Å². The molecule has 0 amide bonds. The highest BCUT2D eigenvalue weighted by Gasteiger charge is 2.25. The van der Waals surface area contributed by atoms with E-state index in [1.165, 1.54) is 6.42 Å². The number of rotatable bonds is 6. The number of methoxy groups -OCH3 is 1. The number of hydrogen-bond acceptors (Lipinski definition) is 4. The predicted molar refractivity (Wildman–Crippen MR) is 82.3 cm³/mol. The fourth-order valence-electron chi connectivity index (χ4n) is 2.74. The van der Waals surface area contributed by atoms with Crippen LogP contribution in [0.1, 0.15) is 25.3 Å². The van der Waals surface area contributed by atoms with Gasteiger partial charge in [0.1, 0.15) is 5.75 Å². The number of nitriles is 1. The summed E-state index contributed by atoms with van der Waals surface area (Å²) in [6.07, 6.45) is 2.54. The summed E-state index contributed by atoms with van der Waals surface area (Å²) in [6, 6.07) is 9.43. The summed E-state index contributed by atoms with van der Waals surface area (Å²) in [4.78, 5) is 2.45. The highest BCUT2D eigenvalue weighted by molar-refractivity contribution is 5.36. The van der Waals surface area contributed by atoms with Gasteiger partial charge in [-0.25, -0.2) is 0 Å². The van der Waals surface area contributed by atoms with Crippen LogP contribution in [0.25, 0.3) is 0 Å². The lowest BCUT2D eigenvalue weighted by Crippen LogP contribution is -2.44. The van der Waals surface area contributed by atoms with Crippen molar-refractivity contribution in [1.82, 2.24) is 4.90 Å². The van der Waals surface area contributed by atoms with Crippen molar-refractivity contribution in [3.63, 3.8) is 0 Å². The van der Waals surface area contributed by atoms with E-state index in [2.05, 4.69) is 17.9 Å². The van der Waals surface area contributed by atoms with Crippen molar-refractivity contribution >= 4 is 0 Å². The summed E-state index contributed by atoms with van der Waals surface area (Å²) in [7, 11) is 1.80. The van der Waals surface area contributed by atoms with Crippen LogP contribution in [0.15, 0.2) is 24.3 Å². The highest BCUT2D eigenvalue weighted by atomic mass is 16.5. The first-order valence-electron chi connectivity index (χ1n) is 7.61. The smallest absolute Gasteiger partial charge is 0.120 e. The van der Waals surface area contributed by atoms with E-state index < -0.39 is 0 Å². The first-order chi connectivity index (χ1) is 10.2. The molecule has 1 heterocycles. The molecule has 1 aliphatic rings. The first-order valence-corrected chi connectivity index (χ1v) is 7.61. The lowest BCUT2D eigenvalue weighted by atomic mass is 9.96. The van der Waals surface area contributed by atoms with Crippen LogP contribution in [0, 0.1) is 17.2 Å². The van der Waals surface area contributed by atoms with Gasteiger partial charge in [0.25, 0.3) is 0 Å². The van der Waals surface area contributed by atoms with Gasteiger partial charge in [-0.3, -0.25) is 0 Å². The predicted octanol–water partition coefficient (Wildman–Crippen LogP) is 2.68. The van der Waals surface area contributed by atoms with Gasteiger partial charge in [0.05, 0.1) is 24.3 Å². The molecule has 1 aromatic carbocycles. The fraction of sp³-hybridized carbons (Fsp3) is 0.588. The minimum absolute atomic E-state index is 0.354. The Bertz CT molecular complexity index is 484. The second kappa shape index (κ2) is 8.02. The average Bonchev–Trinajstić information content (AvgIpc) is 2.53. The van der Waals surface area contributed by atoms with E-state index in [1.54, 1.807) is 19.2 Å². The Morgan fingerprint density at radius 1 is 1.43 bits per heavy atom. The topological polar surface area (TPSA) is 45.5 Å². The number of likely N-dealkylation sites (tertiary alicyclic amines) is 1. The van der Waals surface area contributed by atoms with E-state index in [0.29, 0.717) is 24.2 Å². The molecule has 0 radical (unpaired) electrons. The van der Waals surface area contributed by atoms with Gasteiger partial charge in [0.2, 0.25) is 0 Å². The molecule has 4 nitrogen and oxygen atoms in total. The molecule has 4 heteroatoms. The molecular weight excluding hydrogens is 264 g/mol. The van der Waals surface area contributed by atoms with Crippen LogP contribution in [0.5, 0.6) is 5.75 Å². The molecular formula is C17H24N2O2. The van der Waals surface area contributed by atoms with E-state index in [1.807, 2.05) is 12.1 Å². The zero-order chi connectivity index (χ0) is 15.1. The van der Waals surface area contributed by atoms with Gasteiger partial charge in [0, 0.05) is 20.2 Å². The number of ether oxygens (including phenoxy) is 2. The minimum Gasteiger partial charge on any atom is -0.494 e. The zero-order valence-electron chi connectivity index (χ0n) is 12.9. The van der Waals surface area contributed by atoms with Crippen LogP contribution in [0.3, 0.4) is 0 Å². The van der Waals surface area contributed by atoms with Crippen LogP contribution in [0.4, 0.5) is 0 Å². The van der Waals surface area contributed by atoms with Crippen LogP contribution < -0.4 is 4.74 Å². The highest BCUT2D eigenvalue weighted by Crippen LogP contribution is 2.19. The SMILES string of the molecule is COC1CN(CCCOc2cccc(C#N)c2)CCC1C. The molecule has 1 aliphatic heterocycles. The summed E-state index contributed by atoms with van der Waals surface area (Å²) in [5, 5.41) is 8.85. The molecule has 0 saturated carbocycles.